The Morgan fingerprint density at radius 1 is 1.09 bits per heavy atom. The minimum Gasteiger partial charge on any atom is -0.455 e. The number of nitrogens with one attached hydrogen (secondary N) is 1. The Morgan fingerprint density at radius 3 is 2.61 bits per heavy atom. The molecule has 0 bridgehead atoms. The van der Waals surface area contributed by atoms with Crippen LogP contribution in [-0.4, -0.2) is 17.4 Å². The maximum atomic E-state index is 14.8. The molecule has 1 heterocycles. The van der Waals surface area contributed by atoms with E-state index in [9.17, 15) is 9.18 Å². The molecule has 1 aromatic heterocycles. The standard InChI is InChI=1S/C26H23Cl2FN2O2/c27-18-8-9-20(22(28)11-18)23(29)13-31-26(32)21-12-24(16-6-7-16)30-14-25(21)33-19-3-1-2-17(10-19)15-4-5-15/h1-3,8-12,14-16,23H,4-7,13H2,(H,31,32). The molecule has 170 valence electrons. The van der Waals surface area contributed by atoms with E-state index in [-0.39, 0.29) is 17.1 Å². The van der Waals surface area contributed by atoms with Crippen LogP contribution in [0, 0.1) is 0 Å². The third-order valence-corrected chi connectivity index (χ3v) is 6.57. The van der Waals surface area contributed by atoms with Gasteiger partial charge in [-0.1, -0.05) is 41.4 Å². The highest BCUT2D eigenvalue weighted by Crippen LogP contribution is 2.42. The summed E-state index contributed by atoms with van der Waals surface area (Å²) in [5.41, 5.74) is 2.72. The lowest BCUT2D eigenvalue weighted by molar-refractivity contribution is 0.0939. The van der Waals surface area contributed by atoms with Crippen molar-refractivity contribution in [3.63, 3.8) is 0 Å². The summed E-state index contributed by atoms with van der Waals surface area (Å²) in [5.74, 6) is 1.55. The fourth-order valence-corrected chi connectivity index (χ4v) is 4.37. The van der Waals surface area contributed by atoms with Crippen LogP contribution in [0.5, 0.6) is 11.5 Å². The molecule has 0 saturated heterocycles. The molecule has 3 aromatic rings. The van der Waals surface area contributed by atoms with Gasteiger partial charge in [0.05, 0.1) is 18.3 Å². The molecular weight excluding hydrogens is 462 g/mol. The van der Waals surface area contributed by atoms with Gasteiger partial charge in [0.1, 0.15) is 11.9 Å². The minimum absolute atomic E-state index is 0.224. The van der Waals surface area contributed by atoms with Crippen LogP contribution in [0.3, 0.4) is 0 Å². The molecule has 0 radical (unpaired) electrons. The van der Waals surface area contributed by atoms with Gasteiger partial charge < -0.3 is 10.1 Å². The highest BCUT2D eigenvalue weighted by Gasteiger charge is 2.28. The second-order valence-corrected chi connectivity index (χ2v) is 9.52. The van der Waals surface area contributed by atoms with Gasteiger partial charge in [-0.15, -0.1) is 0 Å². The van der Waals surface area contributed by atoms with Crippen LogP contribution < -0.4 is 10.1 Å². The van der Waals surface area contributed by atoms with E-state index < -0.39 is 12.1 Å². The lowest BCUT2D eigenvalue weighted by atomic mass is 10.1. The van der Waals surface area contributed by atoms with E-state index in [0.717, 1.165) is 18.5 Å². The van der Waals surface area contributed by atoms with Gasteiger partial charge in [-0.3, -0.25) is 9.78 Å². The van der Waals surface area contributed by atoms with Gasteiger partial charge in [0.2, 0.25) is 0 Å². The van der Waals surface area contributed by atoms with Crippen molar-refractivity contribution in [1.29, 1.82) is 0 Å². The number of nitrogens with zero attached hydrogens (tertiary/aromatic N) is 1. The van der Waals surface area contributed by atoms with E-state index in [2.05, 4.69) is 16.4 Å². The number of rotatable bonds is 8. The molecule has 1 unspecified atom stereocenters. The molecule has 2 saturated carbocycles. The van der Waals surface area contributed by atoms with Gasteiger partial charge in [0.15, 0.2) is 5.75 Å². The van der Waals surface area contributed by atoms with Crippen LogP contribution in [0.2, 0.25) is 10.0 Å². The summed E-state index contributed by atoms with van der Waals surface area (Å²) in [5, 5.41) is 3.33. The number of carbonyl (C=O) groups excluding carboxylic acids is 1. The number of ether oxygens (including phenoxy) is 1. The molecule has 0 aliphatic heterocycles. The van der Waals surface area contributed by atoms with Gasteiger partial charge in [-0.2, -0.15) is 0 Å². The zero-order chi connectivity index (χ0) is 22.9. The molecule has 0 spiro atoms. The van der Waals surface area contributed by atoms with E-state index >= 15 is 0 Å². The van der Waals surface area contributed by atoms with Gasteiger partial charge in [-0.25, -0.2) is 4.39 Å². The largest absolute Gasteiger partial charge is 0.455 e. The highest BCUT2D eigenvalue weighted by atomic mass is 35.5. The molecule has 4 nitrogen and oxygen atoms in total. The van der Waals surface area contributed by atoms with E-state index in [1.54, 1.807) is 18.3 Å². The summed E-state index contributed by atoms with van der Waals surface area (Å²) in [6, 6.07) is 14.3. The molecule has 1 atom stereocenters. The maximum absolute atomic E-state index is 14.8. The summed E-state index contributed by atoms with van der Waals surface area (Å²) in [6.45, 7) is -0.224. The summed E-state index contributed by atoms with van der Waals surface area (Å²) in [4.78, 5) is 17.6. The Balaban J connectivity index is 1.34. The Kier molecular flexibility index (Phi) is 6.26. The number of aromatic nitrogens is 1. The smallest absolute Gasteiger partial charge is 0.255 e. The van der Waals surface area contributed by atoms with Crippen LogP contribution in [0.25, 0.3) is 0 Å². The molecular formula is C26H23Cl2FN2O2. The van der Waals surface area contributed by atoms with Crippen molar-refractivity contribution in [2.24, 2.45) is 0 Å². The first-order valence-corrected chi connectivity index (χ1v) is 11.9. The molecule has 2 fully saturated rings. The van der Waals surface area contributed by atoms with Crippen molar-refractivity contribution >= 4 is 29.1 Å². The average molecular weight is 485 g/mol. The second kappa shape index (κ2) is 9.32. The predicted octanol–water partition coefficient (Wildman–Crippen LogP) is 7.38. The number of halogens is 3. The third-order valence-electron chi connectivity index (χ3n) is 6.01. The molecule has 1 N–H and O–H groups in total. The number of amides is 1. The highest BCUT2D eigenvalue weighted by molar-refractivity contribution is 6.35. The molecule has 2 aromatic carbocycles. The quantitative estimate of drug-likeness (QED) is 0.362. The van der Waals surface area contributed by atoms with E-state index in [0.29, 0.717) is 33.9 Å². The van der Waals surface area contributed by atoms with E-state index in [1.807, 2.05) is 18.2 Å². The van der Waals surface area contributed by atoms with Crippen LogP contribution in [0.1, 0.15) is 70.9 Å². The monoisotopic (exact) mass is 484 g/mol. The second-order valence-electron chi connectivity index (χ2n) is 8.67. The zero-order valence-electron chi connectivity index (χ0n) is 17.9. The first-order valence-electron chi connectivity index (χ1n) is 11.1. The van der Waals surface area contributed by atoms with Crippen LogP contribution in [-0.2, 0) is 0 Å². The SMILES string of the molecule is O=C(NCC(F)c1ccc(Cl)cc1Cl)c1cc(C2CC2)ncc1Oc1cccc(C2CC2)c1. The van der Waals surface area contributed by atoms with Crippen LogP contribution in [0.4, 0.5) is 4.39 Å². The number of benzene rings is 2. The number of hydrogen-bond donors (Lipinski definition) is 1. The maximum Gasteiger partial charge on any atom is 0.255 e. The zero-order valence-corrected chi connectivity index (χ0v) is 19.4. The van der Waals surface area contributed by atoms with Crippen molar-refractivity contribution in [2.45, 2.75) is 43.7 Å². The minimum atomic E-state index is -1.47. The normalized spacial score (nSPS) is 16.3. The molecule has 1 amide bonds. The average Bonchev–Trinajstić information content (AvgIpc) is 3.71. The molecule has 33 heavy (non-hydrogen) atoms. The Hall–Kier alpha value is -2.63. The summed E-state index contributed by atoms with van der Waals surface area (Å²) in [6.07, 6.45) is 4.62. The first kappa shape index (κ1) is 22.2. The number of carbonyl (C=O) groups is 1. The lowest BCUT2D eigenvalue weighted by Crippen LogP contribution is -2.27. The van der Waals surface area contributed by atoms with Crippen molar-refractivity contribution in [1.82, 2.24) is 10.3 Å². The first-order chi connectivity index (χ1) is 16.0. The van der Waals surface area contributed by atoms with Crippen LogP contribution in [0.15, 0.2) is 54.7 Å². The molecule has 2 aliphatic rings. The van der Waals surface area contributed by atoms with Crippen molar-refractivity contribution in [2.75, 3.05) is 6.54 Å². The van der Waals surface area contributed by atoms with E-state index in [1.165, 1.54) is 30.5 Å². The van der Waals surface area contributed by atoms with Crippen molar-refractivity contribution < 1.29 is 13.9 Å². The Bertz CT molecular complexity index is 1190. The Labute approximate surface area is 202 Å². The topological polar surface area (TPSA) is 51.2 Å². The molecule has 7 heteroatoms. The van der Waals surface area contributed by atoms with Crippen molar-refractivity contribution in [3.05, 3.63) is 87.2 Å². The number of pyridine rings is 1. The summed E-state index contributed by atoms with van der Waals surface area (Å²) >= 11 is 12.0. The van der Waals surface area contributed by atoms with Crippen molar-refractivity contribution in [3.8, 4) is 11.5 Å². The number of hydrogen-bond acceptors (Lipinski definition) is 3. The Morgan fingerprint density at radius 2 is 1.88 bits per heavy atom. The van der Waals surface area contributed by atoms with Gasteiger partial charge in [0, 0.05) is 27.2 Å². The fraction of sp³-hybridized carbons (Fsp3) is 0.308. The van der Waals surface area contributed by atoms with E-state index in [4.69, 9.17) is 27.9 Å². The summed E-state index contributed by atoms with van der Waals surface area (Å²) in [7, 11) is 0. The lowest BCUT2D eigenvalue weighted by Gasteiger charge is -2.15. The van der Waals surface area contributed by atoms with Gasteiger partial charge >= 0.3 is 0 Å². The molecule has 2 aliphatic carbocycles. The van der Waals surface area contributed by atoms with Gasteiger partial charge in [0.25, 0.3) is 5.91 Å². The molecule has 5 rings (SSSR count). The number of alkyl halides is 1. The third kappa shape index (κ3) is 5.31. The van der Waals surface area contributed by atoms with Gasteiger partial charge in [-0.05, 0) is 67.5 Å². The predicted molar refractivity (Wildman–Crippen MR) is 127 cm³/mol. The fourth-order valence-electron chi connectivity index (χ4n) is 3.84. The van der Waals surface area contributed by atoms with Crippen LogP contribution >= 0.6 is 23.2 Å². The summed E-state index contributed by atoms with van der Waals surface area (Å²) < 4.78 is 20.9.